The first-order chi connectivity index (χ1) is 11.6. The van der Waals surface area contributed by atoms with E-state index in [1.54, 1.807) is 16.7 Å². The number of rotatable bonds is 4. The fourth-order valence-corrected chi connectivity index (χ4v) is 4.63. The van der Waals surface area contributed by atoms with Crippen LogP contribution in [-0.4, -0.2) is 58.7 Å². The second-order valence-electron chi connectivity index (χ2n) is 6.51. The number of amidine groups is 1. The maximum absolute atomic E-state index is 12.0. The number of nitrogens with one attached hydrogen (secondary N) is 2. The summed E-state index contributed by atoms with van der Waals surface area (Å²) in [5, 5.41) is 6.85. The van der Waals surface area contributed by atoms with Crippen molar-refractivity contribution in [3.05, 3.63) is 0 Å². The molecule has 2 N–H and O–H groups in total. The van der Waals surface area contributed by atoms with Crippen LogP contribution in [0.2, 0.25) is 0 Å². The molecule has 2 aliphatic heterocycles. The van der Waals surface area contributed by atoms with Crippen molar-refractivity contribution in [3.8, 4) is 0 Å². The van der Waals surface area contributed by atoms with Crippen molar-refractivity contribution in [2.45, 2.75) is 56.2 Å². The van der Waals surface area contributed by atoms with E-state index in [4.69, 9.17) is 0 Å². The van der Waals surface area contributed by atoms with Gasteiger partial charge in [-0.25, -0.2) is 0 Å². The lowest BCUT2D eigenvalue weighted by Gasteiger charge is -2.26. The highest BCUT2D eigenvalue weighted by molar-refractivity contribution is 8.14. The van der Waals surface area contributed by atoms with Crippen LogP contribution in [0.25, 0.3) is 0 Å². The minimum Gasteiger partial charge on any atom is -0.353 e. The molecule has 0 bridgehead atoms. The number of piperazine rings is 1. The number of fused-ring (bicyclic) bond motifs is 1. The number of carbonyl (C=O) groups excluding carboxylic acids is 3. The molecular formula is C16H24N4O3S. The molecule has 0 unspecified atom stereocenters. The van der Waals surface area contributed by atoms with Crippen LogP contribution >= 0.6 is 11.8 Å². The van der Waals surface area contributed by atoms with E-state index in [9.17, 15) is 14.4 Å². The molecule has 132 valence electrons. The summed E-state index contributed by atoms with van der Waals surface area (Å²) in [5.41, 5.74) is 0. The number of thioether (sulfide) groups is 1. The summed E-state index contributed by atoms with van der Waals surface area (Å²) in [5.74, 6) is -0.259. The Kier molecular flexibility index (Phi) is 5.76. The fraction of sp³-hybridized carbons (Fsp3) is 0.750. The predicted octanol–water partition coefficient (Wildman–Crippen LogP) is 0.645. The Bertz CT molecular complexity index is 551. The van der Waals surface area contributed by atoms with Crippen LogP contribution in [0.1, 0.15) is 44.9 Å². The Labute approximate surface area is 146 Å². The molecule has 2 atom stereocenters. The molecule has 8 heteroatoms. The Morgan fingerprint density at radius 1 is 1.29 bits per heavy atom. The molecule has 0 aromatic rings. The van der Waals surface area contributed by atoms with Gasteiger partial charge in [0.1, 0.15) is 0 Å². The van der Waals surface area contributed by atoms with Gasteiger partial charge in [0, 0.05) is 31.2 Å². The first-order valence-electron chi connectivity index (χ1n) is 8.70. The van der Waals surface area contributed by atoms with Crippen molar-refractivity contribution < 1.29 is 14.4 Å². The maximum atomic E-state index is 12.0. The van der Waals surface area contributed by atoms with Gasteiger partial charge in [0.2, 0.25) is 17.7 Å². The molecule has 3 aliphatic rings. The van der Waals surface area contributed by atoms with E-state index in [1.165, 1.54) is 19.3 Å². The molecule has 1 saturated heterocycles. The van der Waals surface area contributed by atoms with Crippen molar-refractivity contribution >= 4 is 34.7 Å². The molecule has 3 rings (SSSR count). The van der Waals surface area contributed by atoms with E-state index in [0.717, 1.165) is 11.6 Å². The fourth-order valence-electron chi connectivity index (χ4n) is 3.34. The molecule has 2 heterocycles. The van der Waals surface area contributed by atoms with Gasteiger partial charge < -0.3 is 15.5 Å². The molecule has 7 nitrogen and oxygen atoms in total. The van der Waals surface area contributed by atoms with Gasteiger partial charge in [0.15, 0.2) is 5.17 Å². The maximum Gasteiger partial charge on any atom is 0.239 e. The monoisotopic (exact) mass is 352 g/mol. The molecule has 3 amide bonds. The van der Waals surface area contributed by atoms with Crippen LogP contribution < -0.4 is 10.6 Å². The minimum absolute atomic E-state index is 0.0590. The normalized spacial score (nSPS) is 26.4. The average molecular weight is 352 g/mol. The van der Waals surface area contributed by atoms with Crippen LogP contribution in [0.3, 0.4) is 0 Å². The van der Waals surface area contributed by atoms with Gasteiger partial charge in [0.05, 0.1) is 12.6 Å². The smallest absolute Gasteiger partial charge is 0.239 e. The standard InChI is InChI=1S/C16H24N4O3S/c21-13(19-16-18-11-4-1-2-5-12(11)24-16)6-3-7-15(23)20-9-8-17-14(22)10-20/h11-12H,1-10H2,(H,17,22)(H,18,19,21)/t11-,12+/m1/s1. The summed E-state index contributed by atoms with van der Waals surface area (Å²) < 4.78 is 0. The summed E-state index contributed by atoms with van der Waals surface area (Å²) in [6, 6.07) is 0.367. The van der Waals surface area contributed by atoms with Gasteiger partial charge in [-0.3, -0.25) is 19.4 Å². The highest BCUT2D eigenvalue weighted by atomic mass is 32.2. The quantitative estimate of drug-likeness (QED) is 0.777. The molecule has 2 fully saturated rings. The van der Waals surface area contributed by atoms with Gasteiger partial charge in [-0.05, 0) is 19.3 Å². The van der Waals surface area contributed by atoms with Crippen LogP contribution in [0, 0.1) is 0 Å². The Balaban J connectivity index is 1.35. The minimum atomic E-state index is -0.120. The van der Waals surface area contributed by atoms with Gasteiger partial charge in [-0.15, -0.1) is 0 Å². The number of aliphatic imine (C=N–C) groups is 1. The van der Waals surface area contributed by atoms with E-state index >= 15 is 0 Å². The van der Waals surface area contributed by atoms with E-state index in [1.807, 2.05) is 0 Å². The first kappa shape index (κ1) is 17.3. The van der Waals surface area contributed by atoms with Gasteiger partial charge in [-0.2, -0.15) is 0 Å². The van der Waals surface area contributed by atoms with Crippen LogP contribution in [0.15, 0.2) is 4.99 Å². The lowest BCUT2D eigenvalue weighted by Crippen LogP contribution is -2.49. The highest BCUT2D eigenvalue weighted by Crippen LogP contribution is 2.36. The first-order valence-corrected chi connectivity index (χ1v) is 9.58. The van der Waals surface area contributed by atoms with Gasteiger partial charge in [-0.1, -0.05) is 24.6 Å². The average Bonchev–Trinajstić information content (AvgIpc) is 2.96. The zero-order chi connectivity index (χ0) is 16.9. The van der Waals surface area contributed by atoms with Gasteiger partial charge in [0.25, 0.3) is 0 Å². The summed E-state index contributed by atoms with van der Waals surface area (Å²) >= 11 is 1.68. The molecule has 0 spiro atoms. The number of nitrogens with zero attached hydrogens (tertiary/aromatic N) is 2. The zero-order valence-corrected chi connectivity index (χ0v) is 14.6. The lowest BCUT2D eigenvalue weighted by atomic mass is 9.96. The van der Waals surface area contributed by atoms with E-state index in [0.29, 0.717) is 43.6 Å². The number of carbonyl (C=O) groups is 3. The number of hydrogen-bond donors (Lipinski definition) is 2. The lowest BCUT2D eigenvalue weighted by molar-refractivity contribution is -0.138. The van der Waals surface area contributed by atoms with Crippen molar-refractivity contribution in [2.24, 2.45) is 4.99 Å². The molecule has 0 aromatic carbocycles. The summed E-state index contributed by atoms with van der Waals surface area (Å²) in [6.07, 6.45) is 5.87. The van der Waals surface area contributed by atoms with Crippen LogP contribution in [-0.2, 0) is 14.4 Å². The zero-order valence-electron chi connectivity index (χ0n) is 13.8. The topological polar surface area (TPSA) is 90.9 Å². The number of amides is 3. The Morgan fingerprint density at radius 2 is 2.12 bits per heavy atom. The molecule has 0 radical (unpaired) electrons. The predicted molar refractivity (Wildman–Crippen MR) is 92.7 cm³/mol. The van der Waals surface area contributed by atoms with Crippen molar-refractivity contribution in [1.82, 2.24) is 15.5 Å². The third-order valence-electron chi connectivity index (χ3n) is 4.65. The third-order valence-corrected chi connectivity index (χ3v) is 5.93. The number of hydrogen-bond acceptors (Lipinski definition) is 5. The molecular weight excluding hydrogens is 328 g/mol. The van der Waals surface area contributed by atoms with E-state index in [2.05, 4.69) is 15.6 Å². The Hall–Kier alpha value is -1.57. The summed E-state index contributed by atoms with van der Waals surface area (Å²) in [6.45, 7) is 1.18. The Morgan fingerprint density at radius 3 is 2.92 bits per heavy atom. The molecule has 1 aliphatic carbocycles. The highest BCUT2D eigenvalue weighted by Gasteiger charge is 2.32. The molecule has 0 aromatic heterocycles. The SMILES string of the molecule is O=C1CN(C(=O)CCCC(=O)NC2=N[C@@H]3CCCC[C@@H]3S2)CCN1. The summed E-state index contributed by atoms with van der Waals surface area (Å²) in [7, 11) is 0. The second kappa shape index (κ2) is 8.00. The van der Waals surface area contributed by atoms with Crippen molar-refractivity contribution in [3.63, 3.8) is 0 Å². The third kappa shape index (κ3) is 4.49. The van der Waals surface area contributed by atoms with Gasteiger partial charge >= 0.3 is 0 Å². The van der Waals surface area contributed by atoms with Crippen molar-refractivity contribution in [2.75, 3.05) is 19.6 Å². The van der Waals surface area contributed by atoms with Crippen LogP contribution in [0.4, 0.5) is 0 Å². The van der Waals surface area contributed by atoms with Crippen molar-refractivity contribution in [1.29, 1.82) is 0 Å². The largest absolute Gasteiger partial charge is 0.353 e. The summed E-state index contributed by atoms with van der Waals surface area (Å²) in [4.78, 5) is 41.5. The van der Waals surface area contributed by atoms with E-state index < -0.39 is 0 Å². The molecule has 1 saturated carbocycles. The second-order valence-corrected chi connectivity index (χ2v) is 7.74. The molecule has 24 heavy (non-hydrogen) atoms. The van der Waals surface area contributed by atoms with Crippen LogP contribution in [0.5, 0.6) is 0 Å². The van der Waals surface area contributed by atoms with E-state index in [-0.39, 0.29) is 24.3 Å².